The second-order valence-corrected chi connectivity index (χ2v) is 4.83. The minimum atomic E-state index is -0.429. The average Bonchev–Trinajstić information content (AvgIpc) is 1.78. The Bertz CT molecular complexity index is 187. The number of nitrogens with zero attached hydrogens (tertiary/aromatic N) is 2. The summed E-state index contributed by atoms with van der Waals surface area (Å²) in [4.78, 5) is 15.4. The molecule has 0 N–H and O–H groups in total. The number of hydrogen-bond donors (Lipinski definition) is 0. The number of hydrogen-bond acceptors (Lipinski definition) is 4. The normalized spacial score (nSPS) is 12.7. The molecule has 0 aromatic heterocycles. The summed E-state index contributed by atoms with van der Waals surface area (Å²) in [5, 5.41) is 0. The van der Waals surface area contributed by atoms with E-state index in [1.54, 1.807) is 0 Å². The van der Waals surface area contributed by atoms with Crippen molar-refractivity contribution in [2.75, 3.05) is 28.2 Å². The van der Waals surface area contributed by atoms with Gasteiger partial charge in [-0.05, 0) is 49.0 Å². The van der Waals surface area contributed by atoms with E-state index in [9.17, 15) is 4.79 Å². The van der Waals surface area contributed by atoms with Gasteiger partial charge >= 0.3 is 5.97 Å². The van der Waals surface area contributed by atoms with E-state index in [1.807, 2.05) is 58.8 Å². The molecule has 0 spiro atoms. The molecule has 0 saturated heterocycles. The zero-order valence-electron chi connectivity index (χ0n) is 10.3. The molecule has 4 heteroatoms. The molecule has 0 radical (unpaired) electrons. The van der Waals surface area contributed by atoms with Crippen molar-refractivity contribution in [3.8, 4) is 0 Å². The number of rotatable bonds is 3. The fraction of sp³-hybridized carbons (Fsp3) is 0.900. The van der Waals surface area contributed by atoms with E-state index in [2.05, 4.69) is 0 Å². The van der Waals surface area contributed by atoms with Crippen LogP contribution in [0.1, 0.15) is 20.8 Å². The molecule has 0 amide bonds. The van der Waals surface area contributed by atoms with Gasteiger partial charge in [-0.1, -0.05) is 0 Å². The van der Waals surface area contributed by atoms with Crippen LogP contribution in [0.4, 0.5) is 0 Å². The zero-order valence-corrected chi connectivity index (χ0v) is 10.3. The quantitative estimate of drug-likeness (QED) is 0.500. The molecule has 0 atom stereocenters. The summed E-state index contributed by atoms with van der Waals surface area (Å²) in [5.41, 5.74) is -0.429. The third-order valence-electron chi connectivity index (χ3n) is 1.60. The van der Waals surface area contributed by atoms with Crippen LogP contribution in [0.25, 0.3) is 0 Å². The predicted octanol–water partition coefficient (Wildman–Crippen LogP) is 0.777. The van der Waals surface area contributed by atoms with Crippen molar-refractivity contribution in [3.05, 3.63) is 0 Å². The van der Waals surface area contributed by atoms with Gasteiger partial charge < -0.3 is 4.74 Å². The SMILES string of the molecule is CN(C)C(C(=O)OC(C)(C)C)N(C)C. The Morgan fingerprint density at radius 3 is 1.64 bits per heavy atom. The van der Waals surface area contributed by atoms with Gasteiger partial charge in [0, 0.05) is 0 Å². The Morgan fingerprint density at radius 2 is 1.43 bits per heavy atom. The number of ether oxygens (including phenoxy) is 1. The number of carbonyl (C=O) groups is 1. The number of likely N-dealkylation sites (N-methyl/N-ethyl adjacent to an activating group) is 2. The molecule has 84 valence electrons. The molecule has 0 aliphatic rings. The first-order valence-corrected chi connectivity index (χ1v) is 4.71. The van der Waals surface area contributed by atoms with Crippen molar-refractivity contribution in [1.29, 1.82) is 0 Å². The highest BCUT2D eigenvalue weighted by atomic mass is 16.6. The third kappa shape index (κ3) is 4.58. The first-order chi connectivity index (χ1) is 6.15. The van der Waals surface area contributed by atoms with Gasteiger partial charge in [-0.25, -0.2) is 4.79 Å². The fourth-order valence-corrected chi connectivity index (χ4v) is 1.24. The summed E-state index contributed by atoms with van der Waals surface area (Å²) in [6.07, 6.45) is -0.325. The highest BCUT2D eigenvalue weighted by Gasteiger charge is 2.28. The molecule has 14 heavy (non-hydrogen) atoms. The van der Waals surface area contributed by atoms with E-state index in [1.165, 1.54) is 0 Å². The first-order valence-electron chi connectivity index (χ1n) is 4.71. The van der Waals surface area contributed by atoms with Crippen molar-refractivity contribution < 1.29 is 9.53 Å². The van der Waals surface area contributed by atoms with Crippen molar-refractivity contribution >= 4 is 5.97 Å². The summed E-state index contributed by atoms with van der Waals surface area (Å²) in [5.74, 6) is -0.215. The first kappa shape index (κ1) is 13.4. The molecular formula is C10H22N2O2. The van der Waals surface area contributed by atoms with E-state index in [0.717, 1.165) is 0 Å². The van der Waals surface area contributed by atoms with Crippen LogP contribution < -0.4 is 0 Å². The van der Waals surface area contributed by atoms with Crippen molar-refractivity contribution in [3.63, 3.8) is 0 Å². The number of carbonyl (C=O) groups excluding carboxylic acids is 1. The largest absolute Gasteiger partial charge is 0.458 e. The van der Waals surface area contributed by atoms with Gasteiger partial charge in [-0.2, -0.15) is 0 Å². The smallest absolute Gasteiger partial charge is 0.339 e. The van der Waals surface area contributed by atoms with E-state index >= 15 is 0 Å². The molecule has 0 bridgehead atoms. The molecule has 0 heterocycles. The Labute approximate surface area is 86.8 Å². The van der Waals surface area contributed by atoms with Crippen LogP contribution in [0.3, 0.4) is 0 Å². The molecule has 0 aromatic carbocycles. The van der Waals surface area contributed by atoms with Crippen LogP contribution in [0.5, 0.6) is 0 Å². The van der Waals surface area contributed by atoms with Gasteiger partial charge in [-0.3, -0.25) is 9.80 Å². The van der Waals surface area contributed by atoms with Crippen LogP contribution in [-0.4, -0.2) is 55.7 Å². The van der Waals surface area contributed by atoms with Crippen LogP contribution >= 0.6 is 0 Å². The highest BCUT2D eigenvalue weighted by Crippen LogP contribution is 2.10. The average molecular weight is 202 g/mol. The van der Waals surface area contributed by atoms with E-state index in [4.69, 9.17) is 4.74 Å². The molecule has 0 aliphatic carbocycles. The summed E-state index contributed by atoms with van der Waals surface area (Å²) in [6.45, 7) is 5.60. The minimum Gasteiger partial charge on any atom is -0.458 e. The van der Waals surface area contributed by atoms with Crippen molar-refractivity contribution in [1.82, 2.24) is 9.80 Å². The lowest BCUT2D eigenvalue weighted by Gasteiger charge is -2.31. The Morgan fingerprint density at radius 1 is 1.07 bits per heavy atom. The highest BCUT2D eigenvalue weighted by molar-refractivity contribution is 5.75. The molecule has 4 nitrogen and oxygen atoms in total. The van der Waals surface area contributed by atoms with Gasteiger partial charge in [0.15, 0.2) is 6.17 Å². The van der Waals surface area contributed by atoms with Crippen LogP contribution in [-0.2, 0) is 9.53 Å². The monoisotopic (exact) mass is 202 g/mol. The van der Waals surface area contributed by atoms with Gasteiger partial charge in [0.1, 0.15) is 5.60 Å². The maximum atomic E-state index is 11.7. The van der Waals surface area contributed by atoms with Crippen LogP contribution in [0, 0.1) is 0 Å². The predicted molar refractivity (Wildman–Crippen MR) is 57.0 cm³/mol. The minimum absolute atomic E-state index is 0.215. The molecule has 0 saturated carbocycles. The summed E-state index contributed by atoms with van der Waals surface area (Å²) in [6, 6.07) is 0. The lowest BCUT2D eigenvalue weighted by Crippen LogP contribution is -2.49. The Kier molecular flexibility index (Phi) is 4.55. The lowest BCUT2D eigenvalue weighted by atomic mass is 10.2. The Balaban J connectivity index is 4.47. The number of esters is 1. The van der Waals surface area contributed by atoms with Gasteiger partial charge in [0.05, 0.1) is 0 Å². The fourth-order valence-electron chi connectivity index (χ4n) is 1.24. The summed E-state index contributed by atoms with van der Waals surface area (Å²) >= 11 is 0. The standard InChI is InChI=1S/C10H22N2O2/c1-10(2,3)14-9(13)8(11(4)5)12(6)7/h8H,1-7H3. The molecule has 0 fully saturated rings. The van der Waals surface area contributed by atoms with Gasteiger partial charge in [-0.15, -0.1) is 0 Å². The molecular weight excluding hydrogens is 180 g/mol. The molecule has 0 rings (SSSR count). The van der Waals surface area contributed by atoms with E-state index in [-0.39, 0.29) is 12.1 Å². The van der Waals surface area contributed by atoms with Crippen molar-refractivity contribution in [2.24, 2.45) is 0 Å². The van der Waals surface area contributed by atoms with Crippen LogP contribution in [0.15, 0.2) is 0 Å². The zero-order chi connectivity index (χ0) is 11.5. The second kappa shape index (κ2) is 4.75. The van der Waals surface area contributed by atoms with Crippen molar-refractivity contribution in [2.45, 2.75) is 32.5 Å². The third-order valence-corrected chi connectivity index (χ3v) is 1.60. The Hall–Kier alpha value is -0.610. The summed E-state index contributed by atoms with van der Waals surface area (Å²) < 4.78 is 5.30. The molecule has 0 unspecified atom stereocenters. The van der Waals surface area contributed by atoms with Gasteiger partial charge in [0.25, 0.3) is 0 Å². The summed E-state index contributed by atoms with van der Waals surface area (Å²) in [7, 11) is 7.42. The second-order valence-electron chi connectivity index (χ2n) is 4.83. The molecule has 0 aromatic rings. The van der Waals surface area contributed by atoms with Gasteiger partial charge in [0.2, 0.25) is 0 Å². The lowest BCUT2D eigenvalue weighted by molar-refractivity contribution is -0.166. The maximum absolute atomic E-state index is 11.7. The van der Waals surface area contributed by atoms with E-state index < -0.39 is 5.60 Å². The molecule has 0 aliphatic heterocycles. The van der Waals surface area contributed by atoms with Crippen LogP contribution in [0.2, 0.25) is 0 Å². The topological polar surface area (TPSA) is 32.8 Å². The van der Waals surface area contributed by atoms with E-state index in [0.29, 0.717) is 0 Å². The maximum Gasteiger partial charge on any atom is 0.339 e.